The highest BCUT2D eigenvalue weighted by atomic mass is 16.2. The number of hydrogen-bond acceptors (Lipinski definition) is 2. The molecule has 3 N–H and O–H groups in total. The van der Waals surface area contributed by atoms with E-state index in [1.54, 1.807) is 0 Å². The first-order valence-electron chi connectivity index (χ1n) is 7.39. The smallest absolute Gasteiger partial charge is 0.241 e. The summed E-state index contributed by atoms with van der Waals surface area (Å²) in [5, 5.41) is 2.93. The van der Waals surface area contributed by atoms with E-state index in [1.165, 1.54) is 5.56 Å². The third-order valence-electron chi connectivity index (χ3n) is 3.58. The first kappa shape index (κ1) is 15.3. The number of nitrogens with one attached hydrogen (secondary N) is 1. The third kappa shape index (κ3) is 4.43. The standard InChI is InChI=1S/C18H22N2O/c1-2-15-10-6-7-11-17(15)20-18(21)16(19)13-12-14-8-4-3-5-9-14/h3-11,16H,2,12-13,19H2,1H3,(H,20,21)/t16-/m0/s1. The molecule has 0 saturated heterocycles. The van der Waals surface area contributed by atoms with Crippen molar-refractivity contribution in [1.82, 2.24) is 0 Å². The Kier molecular flexibility index (Phi) is 5.52. The van der Waals surface area contributed by atoms with E-state index in [4.69, 9.17) is 5.73 Å². The summed E-state index contributed by atoms with van der Waals surface area (Å²) in [6.45, 7) is 2.07. The molecule has 0 radical (unpaired) electrons. The molecule has 1 amide bonds. The van der Waals surface area contributed by atoms with Crippen molar-refractivity contribution >= 4 is 11.6 Å². The molecule has 0 aromatic heterocycles. The summed E-state index contributed by atoms with van der Waals surface area (Å²) in [5.41, 5.74) is 9.18. The minimum atomic E-state index is -0.491. The van der Waals surface area contributed by atoms with Crippen molar-refractivity contribution in [3.05, 3.63) is 65.7 Å². The van der Waals surface area contributed by atoms with Gasteiger partial charge in [-0.25, -0.2) is 0 Å². The highest BCUT2D eigenvalue weighted by Crippen LogP contribution is 2.16. The first-order valence-corrected chi connectivity index (χ1v) is 7.39. The average Bonchev–Trinajstić information content (AvgIpc) is 2.54. The van der Waals surface area contributed by atoms with Crippen molar-refractivity contribution in [3.63, 3.8) is 0 Å². The quantitative estimate of drug-likeness (QED) is 0.855. The van der Waals surface area contributed by atoms with E-state index in [0.717, 1.165) is 24.1 Å². The number of nitrogens with two attached hydrogens (primary N) is 1. The molecule has 0 aliphatic rings. The summed E-state index contributed by atoms with van der Waals surface area (Å²) < 4.78 is 0. The molecule has 0 bridgehead atoms. The number of benzene rings is 2. The maximum Gasteiger partial charge on any atom is 0.241 e. The van der Waals surface area contributed by atoms with Gasteiger partial charge in [0.2, 0.25) is 5.91 Å². The summed E-state index contributed by atoms with van der Waals surface area (Å²) in [5.74, 6) is -0.119. The zero-order chi connectivity index (χ0) is 15.1. The van der Waals surface area contributed by atoms with Crippen LogP contribution in [0.3, 0.4) is 0 Å². The van der Waals surface area contributed by atoms with E-state index in [-0.39, 0.29) is 5.91 Å². The number of anilines is 1. The lowest BCUT2D eigenvalue weighted by molar-refractivity contribution is -0.117. The van der Waals surface area contributed by atoms with Gasteiger partial charge in [0.25, 0.3) is 0 Å². The Morgan fingerprint density at radius 1 is 1.10 bits per heavy atom. The molecule has 0 aliphatic heterocycles. The van der Waals surface area contributed by atoms with Crippen LogP contribution >= 0.6 is 0 Å². The molecular formula is C18H22N2O. The lowest BCUT2D eigenvalue weighted by Crippen LogP contribution is -2.36. The summed E-state index contributed by atoms with van der Waals surface area (Å²) in [6.07, 6.45) is 2.34. The second-order valence-corrected chi connectivity index (χ2v) is 5.13. The molecule has 0 aliphatic carbocycles. The maximum atomic E-state index is 12.2. The van der Waals surface area contributed by atoms with Crippen LogP contribution in [0.1, 0.15) is 24.5 Å². The summed E-state index contributed by atoms with van der Waals surface area (Å²) in [7, 11) is 0. The van der Waals surface area contributed by atoms with Crippen LogP contribution in [0.25, 0.3) is 0 Å². The van der Waals surface area contributed by atoms with E-state index in [1.807, 2.05) is 42.5 Å². The van der Waals surface area contributed by atoms with Gasteiger partial charge in [-0.05, 0) is 36.5 Å². The molecule has 3 heteroatoms. The molecule has 0 fully saturated rings. The van der Waals surface area contributed by atoms with Crippen molar-refractivity contribution in [1.29, 1.82) is 0 Å². The number of para-hydroxylation sites is 1. The summed E-state index contributed by atoms with van der Waals surface area (Å²) >= 11 is 0. The normalized spacial score (nSPS) is 11.9. The van der Waals surface area contributed by atoms with E-state index in [9.17, 15) is 4.79 Å². The number of carbonyl (C=O) groups excluding carboxylic acids is 1. The van der Waals surface area contributed by atoms with Crippen molar-refractivity contribution in [3.8, 4) is 0 Å². The van der Waals surface area contributed by atoms with Gasteiger partial charge in [-0.15, -0.1) is 0 Å². The van der Waals surface area contributed by atoms with Gasteiger partial charge in [-0.1, -0.05) is 55.5 Å². The Bertz CT molecular complexity index is 581. The topological polar surface area (TPSA) is 55.1 Å². The van der Waals surface area contributed by atoms with Crippen LogP contribution in [-0.2, 0) is 17.6 Å². The molecule has 3 nitrogen and oxygen atoms in total. The Balaban J connectivity index is 1.90. The van der Waals surface area contributed by atoms with E-state index in [0.29, 0.717) is 6.42 Å². The van der Waals surface area contributed by atoms with Crippen molar-refractivity contribution in [2.45, 2.75) is 32.2 Å². The Hall–Kier alpha value is -2.13. The van der Waals surface area contributed by atoms with Gasteiger partial charge in [0.1, 0.15) is 0 Å². The zero-order valence-electron chi connectivity index (χ0n) is 12.4. The fourth-order valence-electron chi connectivity index (χ4n) is 2.27. The Labute approximate surface area is 126 Å². The lowest BCUT2D eigenvalue weighted by Gasteiger charge is -2.14. The van der Waals surface area contributed by atoms with Gasteiger partial charge in [0.05, 0.1) is 6.04 Å². The van der Waals surface area contributed by atoms with Gasteiger partial charge < -0.3 is 11.1 Å². The predicted octanol–water partition coefficient (Wildman–Crippen LogP) is 3.15. The van der Waals surface area contributed by atoms with Crippen molar-refractivity contribution in [2.75, 3.05) is 5.32 Å². The van der Waals surface area contributed by atoms with Crippen LogP contribution in [0.4, 0.5) is 5.69 Å². The molecule has 2 rings (SSSR count). The van der Waals surface area contributed by atoms with Gasteiger partial charge in [-0.3, -0.25) is 4.79 Å². The molecule has 0 spiro atoms. The van der Waals surface area contributed by atoms with Crippen molar-refractivity contribution < 1.29 is 4.79 Å². The Morgan fingerprint density at radius 3 is 2.48 bits per heavy atom. The Morgan fingerprint density at radius 2 is 1.76 bits per heavy atom. The van der Waals surface area contributed by atoms with Crippen LogP contribution in [0.2, 0.25) is 0 Å². The fourth-order valence-corrected chi connectivity index (χ4v) is 2.27. The van der Waals surface area contributed by atoms with Gasteiger partial charge in [-0.2, -0.15) is 0 Å². The number of hydrogen-bond donors (Lipinski definition) is 2. The first-order chi connectivity index (χ1) is 10.2. The largest absolute Gasteiger partial charge is 0.324 e. The number of carbonyl (C=O) groups is 1. The van der Waals surface area contributed by atoms with Crippen LogP contribution < -0.4 is 11.1 Å². The summed E-state index contributed by atoms with van der Waals surface area (Å²) in [4.78, 5) is 12.2. The van der Waals surface area contributed by atoms with E-state index in [2.05, 4.69) is 24.4 Å². The number of rotatable bonds is 6. The van der Waals surface area contributed by atoms with Crippen molar-refractivity contribution in [2.24, 2.45) is 5.73 Å². The minimum Gasteiger partial charge on any atom is -0.324 e. The molecule has 2 aromatic rings. The molecule has 0 unspecified atom stereocenters. The molecule has 110 valence electrons. The number of amides is 1. The van der Waals surface area contributed by atoms with Gasteiger partial charge in [0.15, 0.2) is 0 Å². The average molecular weight is 282 g/mol. The van der Waals surface area contributed by atoms with Gasteiger partial charge in [0, 0.05) is 5.69 Å². The predicted molar refractivity (Wildman–Crippen MR) is 87.2 cm³/mol. The maximum absolute atomic E-state index is 12.2. The molecule has 0 saturated carbocycles. The van der Waals surface area contributed by atoms with Crippen LogP contribution in [0.5, 0.6) is 0 Å². The molecule has 21 heavy (non-hydrogen) atoms. The van der Waals surface area contributed by atoms with Gasteiger partial charge >= 0.3 is 0 Å². The third-order valence-corrected chi connectivity index (χ3v) is 3.58. The van der Waals surface area contributed by atoms with Crippen LogP contribution in [-0.4, -0.2) is 11.9 Å². The molecule has 1 atom stereocenters. The second kappa shape index (κ2) is 7.60. The monoisotopic (exact) mass is 282 g/mol. The zero-order valence-corrected chi connectivity index (χ0v) is 12.4. The van der Waals surface area contributed by atoms with Crippen LogP contribution in [0, 0.1) is 0 Å². The summed E-state index contributed by atoms with van der Waals surface area (Å²) in [6, 6.07) is 17.4. The molecular weight excluding hydrogens is 260 g/mol. The SMILES string of the molecule is CCc1ccccc1NC(=O)[C@@H](N)CCc1ccccc1. The highest BCUT2D eigenvalue weighted by molar-refractivity contribution is 5.95. The number of aryl methyl sites for hydroxylation is 2. The minimum absolute atomic E-state index is 0.119. The second-order valence-electron chi connectivity index (χ2n) is 5.13. The highest BCUT2D eigenvalue weighted by Gasteiger charge is 2.14. The lowest BCUT2D eigenvalue weighted by atomic mass is 10.0. The fraction of sp³-hybridized carbons (Fsp3) is 0.278. The molecule has 0 heterocycles. The van der Waals surface area contributed by atoms with Crippen LogP contribution in [0.15, 0.2) is 54.6 Å². The van der Waals surface area contributed by atoms with E-state index >= 15 is 0 Å². The molecule has 2 aromatic carbocycles. The van der Waals surface area contributed by atoms with E-state index < -0.39 is 6.04 Å².